The number of ether oxygens (including phenoxy) is 2. The van der Waals surface area contributed by atoms with Crippen molar-refractivity contribution >= 4 is 11.9 Å². The van der Waals surface area contributed by atoms with Crippen LogP contribution in [0.5, 0.6) is 0 Å². The summed E-state index contributed by atoms with van der Waals surface area (Å²) in [6.07, 6.45) is -3.41. The van der Waals surface area contributed by atoms with Gasteiger partial charge in [0.05, 0.1) is 6.08 Å². The molecule has 15 heavy (non-hydrogen) atoms. The molecule has 8 heteroatoms. The van der Waals surface area contributed by atoms with E-state index in [0.29, 0.717) is 6.08 Å². The largest absolute Gasteiger partial charge is 0.480 e. The monoisotopic (exact) mass is 228 g/mol. The van der Waals surface area contributed by atoms with Crippen molar-refractivity contribution in [2.24, 2.45) is 0 Å². The third-order valence-corrected chi connectivity index (χ3v) is 1.38. The zero-order valence-corrected chi connectivity index (χ0v) is 7.01. The van der Waals surface area contributed by atoms with Crippen LogP contribution in [0.15, 0.2) is 11.8 Å². The van der Waals surface area contributed by atoms with Gasteiger partial charge in [-0.15, -0.1) is 0 Å². The number of carbonyl (C=O) groups excluding carboxylic acids is 2. The highest BCUT2D eigenvalue weighted by Gasteiger charge is 2.42. The van der Waals surface area contributed by atoms with Crippen molar-refractivity contribution in [2.75, 3.05) is 6.61 Å². The average Bonchev–Trinajstić information content (AvgIpc) is 2.41. The lowest BCUT2D eigenvalue weighted by molar-refractivity contribution is -0.164. The summed E-state index contributed by atoms with van der Waals surface area (Å²) in [7, 11) is 0. The second-order valence-corrected chi connectivity index (χ2v) is 2.57. The highest BCUT2D eigenvalue weighted by atomic mass is 19.3. The second kappa shape index (κ2) is 3.87. The fraction of sp³-hybridized carbons (Fsp3) is 0.429. The van der Waals surface area contributed by atoms with Crippen molar-refractivity contribution in [1.29, 1.82) is 0 Å². The first kappa shape index (κ1) is 11.5. The molecule has 0 aliphatic carbocycles. The molecule has 0 atom stereocenters. The normalized spacial score (nSPS) is 16.7. The van der Waals surface area contributed by atoms with Crippen molar-refractivity contribution in [3.05, 3.63) is 11.8 Å². The van der Waals surface area contributed by atoms with Gasteiger partial charge in [-0.05, 0) is 0 Å². The van der Waals surface area contributed by atoms with Crippen molar-refractivity contribution in [3.8, 4) is 0 Å². The summed E-state index contributed by atoms with van der Waals surface area (Å²) in [5.74, 6) is -7.55. The molecule has 0 N–H and O–H groups in total. The molecule has 0 unspecified atom stereocenters. The fourth-order valence-corrected chi connectivity index (χ4v) is 0.675. The van der Waals surface area contributed by atoms with Crippen LogP contribution in [0.1, 0.15) is 0 Å². The third-order valence-electron chi connectivity index (χ3n) is 1.38. The van der Waals surface area contributed by atoms with Gasteiger partial charge in [-0.2, -0.15) is 8.78 Å². The molecule has 0 radical (unpaired) electrons. The van der Waals surface area contributed by atoms with Gasteiger partial charge >= 0.3 is 24.3 Å². The highest BCUT2D eigenvalue weighted by molar-refractivity contribution is 6.07. The molecule has 0 bridgehead atoms. The minimum atomic E-state index is -4.38. The van der Waals surface area contributed by atoms with Crippen LogP contribution >= 0.6 is 0 Å². The van der Waals surface area contributed by atoms with Gasteiger partial charge in [0.2, 0.25) is 5.76 Å². The molecular formula is C7H4F4O4. The van der Waals surface area contributed by atoms with E-state index in [0.717, 1.165) is 0 Å². The van der Waals surface area contributed by atoms with Crippen LogP contribution in [0.3, 0.4) is 0 Å². The lowest BCUT2D eigenvalue weighted by Crippen LogP contribution is -2.32. The fourth-order valence-electron chi connectivity index (χ4n) is 0.675. The van der Waals surface area contributed by atoms with Crippen molar-refractivity contribution in [3.63, 3.8) is 0 Å². The molecule has 1 aliphatic heterocycles. The van der Waals surface area contributed by atoms with Gasteiger partial charge in [0.25, 0.3) is 0 Å². The van der Waals surface area contributed by atoms with Crippen LogP contribution in [0.25, 0.3) is 0 Å². The Balaban J connectivity index is 2.55. The van der Waals surface area contributed by atoms with Crippen LogP contribution in [0, 0.1) is 0 Å². The van der Waals surface area contributed by atoms with Crippen molar-refractivity contribution < 1.29 is 36.6 Å². The molecule has 0 saturated heterocycles. The predicted octanol–water partition coefficient (Wildman–Crippen LogP) is 0.871. The third kappa shape index (κ3) is 2.67. The first-order valence-electron chi connectivity index (χ1n) is 3.59. The minimum Gasteiger partial charge on any atom is -0.480 e. The Morgan fingerprint density at radius 1 is 1.40 bits per heavy atom. The summed E-state index contributed by atoms with van der Waals surface area (Å²) >= 11 is 0. The summed E-state index contributed by atoms with van der Waals surface area (Å²) in [6, 6.07) is 0. The first-order chi connectivity index (χ1) is 6.83. The number of hydrogen-bond acceptors (Lipinski definition) is 4. The molecule has 0 fully saturated rings. The maximum Gasteiger partial charge on any atom is 0.381 e. The maximum atomic E-state index is 12.3. The molecule has 0 amide bonds. The molecule has 84 valence electrons. The molecule has 1 rings (SSSR count). The van der Waals surface area contributed by atoms with Gasteiger partial charge in [0, 0.05) is 0 Å². The number of carbonyl (C=O) groups is 2. The van der Waals surface area contributed by atoms with Gasteiger partial charge in [-0.3, -0.25) is 0 Å². The molecule has 1 heterocycles. The molecule has 0 aromatic rings. The number of esters is 2. The van der Waals surface area contributed by atoms with Crippen LogP contribution < -0.4 is 0 Å². The molecule has 4 nitrogen and oxygen atoms in total. The van der Waals surface area contributed by atoms with Gasteiger partial charge < -0.3 is 9.47 Å². The van der Waals surface area contributed by atoms with E-state index in [1.807, 2.05) is 0 Å². The molecule has 0 spiro atoms. The summed E-state index contributed by atoms with van der Waals surface area (Å²) < 4.78 is 55.7. The highest BCUT2D eigenvalue weighted by Crippen LogP contribution is 2.24. The molecule has 0 saturated carbocycles. The summed E-state index contributed by atoms with van der Waals surface area (Å²) in [4.78, 5) is 21.0. The molecule has 0 aromatic carbocycles. The summed E-state index contributed by atoms with van der Waals surface area (Å²) in [5.41, 5.74) is 0. The molecule has 1 aliphatic rings. The number of rotatable bonds is 4. The number of alkyl halides is 4. The van der Waals surface area contributed by atoms with Gasteiger partial charge in [0.15, 0.2) is 6.61 Å². The summed E-state index contributed by atoms with van der Waals surface area (Å²) in [5, 5.41) is 0. The van der Waals surface area contributed by atoms with E-state index in [-0.39, 0.29) is 0 Å². The molecule has 0 aromatic heterocycles. The van der Waals surface area contributed by atoms with Gasteiger partial charge in [-0.25, -0.2) is 18.4 Å². The van der Waals surface area contributed by atoms with E-state index in [9.17, 15) is 27.2 Å². The van der Waals surface area contributed by atoms with Crippen molar-refractivity contribution in [2.45, 2.75) is 12.3 Å². The Bertz CT molecular complexity index is 323. The quantitative estimate of drug-likeness (QED) is 0.407. The Kier molecular flexibility index (Phi) is 2.96. The van der Waals surface area contributed by atoms with Crippen LogP contribution in [-0.2, 0) is 19.1 Å². The zero-order chi connectivity index (χ0) is 11.6. The first-order valence-corrected chi connectivity index (χ1v) is 3.59. The van der Waals surface area contributed by atoms with E-state index in [4.69, 9.17) is 0 Å². The van der Waals surface area contributed by atoms with Crippen LogP contribution in [0.4, 0.5) is 17.6 Å². The van der Waals surface area contributed by atoms with E-state index < -0.39 is 36.7 Å². The van der Waals surface area contributed by atoms with E-state index in [2.05, 4.69) is 9.47 Å². The van der Waals surface area contributed by atoms with Crippen LogP contribution in [-0.4, -0.2) is 30.9 Å². The second-order valence-electron chi connectivity index (χ2n) is 2.57. The minimum absolute atomic E-state index is 0.504. The Morgan fingerprint density at radius 3 is 2.40 bits per heavy atom. The number of halogens is 4. The predicted molar refractivity (Wildman–Crippen MR) is 36.1 cm³/mol. The lowest BCUT2D eigenvalue weighted by atomic mass is 10.4. The Morgan fingerprint density at radius 2 is 2.00 bits per heavy atom. The Hall–Kier alpha value is -1.60. The standard InChI is InChI=1S/C7H4F4O4/c8-6(9)7(10,11)2-14-3-1-4(12)15-5(3)13/h1,6H,2H2. The molecular weight excluding hydrogens is 224 g/mol. The number of cyclic esters (lactones) is 2. The average molecular weight is 228 g/mol. The summed E-state index contributed by atoms with van der Waals surface area (Å²) in [6.45, 7) is -1.70. The van der Waals surface area contributed by atoms with E-state index in [1.54, 1.807) is 0 Å². The van der Waals surface area contributed by atoms with Crippen molar-refractivity contribution in [1.82, 2.24) is 0 Å². The van der Waals surface area contributed by atoms with Gasteiger partial charge in [0.1, 0.15) is 0 Å². The number of hydrogen-bond donors (Lipinski definition) is 0. The topological polar surface area (TPSA) is 52.6 Å². The van der Waals surface area contributed by atoms with Crippen LogP contribution in [0.2, 0.25) is 0 Å². The SMILES string of the molecule is O=C1C=C(OCC(F)(F)C(F)F)C(=O)O1. The van der Waals surface area contributed by atoms with Gasteiger partial charge in [-0.1, -0.05) is 0 Å². The Labute approximate surface area is 80.4 Å². The zero-order valence-electron chi connectivity index (χ0n) is 7.01. The van der Waals surface area contributed by atoms with E-state index in [1.165, 1.54) is 0 Å². The van der Waals surface area contributed by atoms with E-state index >= 15 is 0 Å². The maximum absolute atomic E-state index is 12.3. The smallest absolute Gasteiger partial charge is 0.381 e. The lowest BCUT2D eigenvalue weighted by Gasteiger charge is -2.14.